The van der Waals surface area contributed by atoms with Gasteiger partial charge >= 0.3 is 7.60 Å². The molecule has 3 fully saturated rings. The van der Waals surface area contributed by atoms with Crippen LogP contribution in [-0.4, -0.2) is 126 Å². The van der Waals surface area contributed by atoms with E-state index in [-0.39, 0.29) is 81.6 Å². The molecular weight excluding hydrogens is 1060 g/mol. The molecule has 5 atom stereocenters. The Labute approximate surface area is 467 Å². The number of carbonyl (C=O) groups is 9. The zero-order chi connectivity index (χ0) is 57.4. The van der Waals surface area contributed by atoms with Crippen molar-refractivity contribution in [2.45, 2.75) is 126 Å². The van der Waals surface area contributed by atoms with Gasteiger partial charge in [0.15, 0.2) is 0 Å². The lowest BCUT2D eigenvalue weighted by Gasteiger charge is -2.39. The first kappa shape index (κ1) is 57.3. The Morgan fingerprint density at radius 2 is 1.56 bits per heavy atom. The van der Waals surface area contributed by atoms with Crippen LogP contribution >= 0.6 is 7.60 Å². The second kappa shape index (κ2) is 25.3. The first-order valence-electron chi connectivity index (χ1n) is 27.2. The maximum atomic E-state index is 15.0. The van der Waals surface area contributed by atoms with Gasteiger partial charge in [-0.15, -0.1) is 0 Å². The number of hydrogen-bond donors (Lipinski definition) is 8. The number of aromatic nitrogens is 1. The normalized spacial score (nSPS) is 19.4. The zero-order valence-corrected chi connectivity index (χ0v) is 45.3. The van der Waals surface area contributed by atoms with Crippen molar-refractivity contribution in [3.05, 3.63) is 142 Å². The van der Waals surface area contributed by atoms with Crippen LogP contribution in [0.25, 0.3) is 10.9 Å². The number of benzene rings is 4. The van der Waals surface area contributed by atoms with Gasteiger partial charge in [0.25, 0.3) is 11.8 Å². The third-order valence-corrected chi connectivity index (χ3v) is 16.1. The highest BCUT2D eigenvalue weighted by Crippen LogP contribution is 2.40. The van der Waals surface area contributed by atoms with Crippen molar-refractivity contribution in [2.24, 2.45) is 5.73 Å². The van der Waals surface area contributed by atoms with E-state index in [9.17, 15) is 52.7 Å². The van der Waals surface area contributed by atoms with Crippen LogP contribution in [0.5, 0.6) is 0 Å². The smallest absolute Gasteiger partial charge is 0.329 e. The molecule has 4 aromatic carbocycles. The van der Waals surface area contributed by atoms with Gasteiger partial charge in [0.05, 0.1) is 12.2 Å². The van der Waals surface area contributed by atoms with Crippen LogP contribution in [0.2, 0.25) is 0 Å². The number of carbonyl (C=O) groups excluding carboxylic acids is 9. The molecule has 22 heteroatoms. The van der Waals surface area contributed by atoms with E-state index in [4.69, 9.17) is 5.73 Å². The molecule has 0 bridgehead atoms. The predicted molar refractivity (Wildman–Crippen MR) is 296 cm³/mol. The van der Waals surface area contributed by atoms with E-state index in [1.807, 2.05) is 66.7 Å². The molecule has 5 aromatic rings. The van der Waals surface area contributed by atoms with Gasteiger partial charge in [-0.3, -0.25) is 53.0 Å². The van der Waals surface area contributed by atoms with Crippen LogP contribution in [0.1, 0.15) is 132 Å². The van der Waals surface area contributed by atoms with E-state index in [1.54, 1.807) is 29.2 Å². The van der Waals surface area contributed by atoms with E-state index >= 15 is 4.79 Å². The van der Waals surface area contributed by atoms with Crippen molar-refractivity contribution < 1.29 is 57.5 Å². The highest BCUT2D eigenvalue weighted by Gasteiger charge is 2.46. The quantitative estimate of drug-likeness (QED) is 0.0252. The highest BCUT2D eigenvalue weighted by atomic mass is 31.2. The molecule has 9 rings (SSSR count). The second-order valence-electron chi connectivity index (χ2n) is 21.0. The topological polar surface area (TPSA) is 311 Å². The number of primary amides is 1. The molecule has 9 amide bonds. The molecule has 21 nitrogen and oxygen atoms in total. The fraction of sp³-hybridized carbons (Fsp3) is 0.373. The number of nitrogens with zero attached hydrogens (tertiary/aromatic N) is 3. The van der Waals surface area contributed by atoms with E-state index in [2.05, 4.69) is 38.1 Å². The summed E-state index contributed by atoms with van der Waals surface area (Å²) in [7, 11) is -4.40. The van der Waals surface area contributed by atoms with E-state index in [1.165, 1.54) is 21.9 Å². The Balaban J connectivity index is 0.875. The number of fused-ring (bicyclic) bond motifs is 3. The zero-order valence-electron chi connectivity index (χ0n) is 44.4. The third kappa shape index (κ3) is 13.9. The Morgan fingerprint density at radius 1 is 0.815 bits per heavy atom. The molecule has 0 aliphatic carbocycles. The van der Waals surface area contributed by atoms with Crippen LogP contribution in [0.3, 0.4) is 0 Å². The van der Waals surface area contributed by atoms with Crippen LogP contribution in [0, 0.1) is 11.8 Å². The first-order chi connectivity index (χ1) is 38.9. The summed E-state index contributed by atoms with van der Waals surface area (Å²) in [6, 6.07) is 24.4. The van der Waals surface area contributed by atoms with Gasteiger partial charge in [-0.25, -0.2) is 0 Å². The number of hydrogen-bond acceptors (Lipinski definition) is 10. The number of nitrogens with two attached hydrogens (primary N) is 1. The monoisotopic (exact) mass is 1120 g/mol. The number of nitrogens with one attached hydrogen (secondary N) is 5. The fourth-order valence-corrected chi connectivity index (χ4v) is 11.9. The minimum absolute atomic E-state index is 0.0355. The molecule has 81 heavy (non-hydrogen) atoms. The molecule has 0 spiro atoms. The average Bonchev–Trinajstić information content (AvgIpc) is 4.18. The minimum atomic E-state index is -4.40. The van der Waals surface area contributed by atoms with Crippen molar-refractivity contribution in [1.82, 2.24) is 41.0 Å². The molecule has 0 saturated carbocycles. The number of piperidine rings is 1. The SMILES string of the molecule is NC(=O)CC[C@H](NC(=O)[C@@H]1CC[C@@H]2CCN(C(=O)CCCCCC#Cc3cccc4c3CN(C3CCC(=O)NC3=O)C4=O)C[C@H](NC(=O)c3cc4cc(CP(=O)(O)O)ccc4[nH]3)C(=O)N21)C(=O)NC(c1ccccc1)c1ccccc1. The summed E-state index contributed by atoms with van der Waals surface area (Å²) in [5.41, 5.74) is 9.85. The molecular formula is C59H64N9O12P. The molecule has 4 aliphatic heterocycles. The summed E-state index contributed by atoms with van der Waals surface area (Å²) in [4.78, 5) is 148. The van der Waals surface area contributed by atoms with Gasteiger partial charge in [-0.2, -0.15) is 0 Å². The Morgan fingerprint density at radius 3 is 2.26 bits per heavy atom. The standard InChI is InChI=1S/C59H64N9O12P/c60-50(69)27-24-45(54(72)65-53(38-14-7-4-8-15-38)39-16-9-5-10-17-39)62-57(75)49-25-22-41-29-30-66(34-47(59(77)68(41)49)63-55(73)46-32-40-31-36(35-81(78,79)80)21-23-44(40)61-46)52(71)20-11-3-1-2-6-13-37-18-12-19-42-43(37)33-67(58(42)76)48-26-28-51(70)64-56(48)74/h4-5,7-10,12,14-19,21,23,31-32,41,45,47-49,53,61H,1-3,11,20,22,24-30,33-35H2,(H2,60,69)(H,62,75)(H,63,73)(H,65,72)(H,64,70,74)(H2,78,79,80)/t41-,45+,47+,48?,49+/m1/s1. The van der Waals surface area contributed by atoms with Crippen LogP contribution in [-0.2, 0) is 50.8 Å². The largest absolute Gasteiger partial charge is 0.370 e. The van der Waals surface area contributed by atoms with Gasteiger partial charge in [-0.1, -0.05) is 91.1 Å². The van der Waals surface area contributed by atoms with E-state index in [0.29, 0.717) is 66.1 Å². The summed E-state index contributed by atoms with van der Waals surface area (Å²) in [6.45, 7) is 0.172. The molecule has 1 aromatic heterocycles. The van der Waals surface area contributed by atoms with Crippen LogP contribution in [0.15, 0.2) is 103 Å². The third-order valence-electron chi connectivity index (χ3n) is 15.3. The minimum Gasteiger partial charge on any atom is -0.370 e. The van der Waals surface area contributed by atoms with Gasteiger partial charge < -0.3 is 51.2 Å². The summed E-state index contributed by atoms with van der Waals surface area (Å²) < 4.78 is 11.8. The summed E-state index contributed by atoms with van der Waals surface area (Å²) in [5, 5.41) is 11.5. The van der Waals surface area contributed by atoms with Crippen LogP contribution < -0.4 is 27.0 Å². The number of imide groups is 1. The Hall–Kier alpha value is -8.44. The molecule has 422 valence electrons. The van der Waals surface area contributed by atoms with Gasteiger partial charge in [-0.05, 0) is 97.5 Å². The van der Waals surface area contributed by atoms with E-state index < -0.39 is 85.5 Å². The molecule has 0 radical (unpaired) electrons. The average molecular weight is 1120 g/mol. The number of aromatic amines is 1. The van der Waals surface area contributed by atoms with Gasteiger partial charge in [0.2, 0.25) is 41.4 Å². The van der Waals surface area contributed by atoms with Crippen molar-refractivity contribution in [2.75, 3.05) is 13.1 Å². The summed E-state index contributed by atoms with van der Waals surface area (Å²) >= 11 is 0. The number of H-pyrrole nitrogens is 1. The van der Waals surface area contributed by atoms with E-state index in [0.717, 1.165) is 16.7 Å². The molecule has 1 unspecified atom stereocenters. The molecule has 4 aliphatic rings. The molecule has 5 heterocycles. The lowest BCUT2D eigenvalue weighted by molar-refractivity contribution is -0.145. The van der Waals surface area contributed by atoms with Crippen molar-refractivity contribution in [3.63, 3.8) is 0 Å². The predicted octanol–water partition coefficient (Wildman–Crippen LogP) is 3.96. The summed E-state index contributed by atoms with van der Waals surface area (Å²) in [6.07, 6.45) is 2.85. The number of rotatable bonds is 19. The van der Waals surface area contributed by atoms with Crippen LogP contribution in [0.4, 0.5) is 0 Å². The number of amides is 9. The Bertz CT molecular complexity index is 3330. The lowest BCUT2D eigenvalue weighted by atomic mass is 9.98. The van der Waals surface area contributed by atoms with Gasteiger partial charge in [0, 0.05) is 73.4 Å². The summed E-state index contributed by atoms with van der Waals surface area (Å²) in [5.74, 6) is 1.75. The fourth-order valence-electron chi connectivity index (χ4n) is 11.2. The lowest BCUT2D eigenvalue weighted by Crippen LogP contribution is -2.62. The maximum absolute atomic E-state index is 15.0. The Kier molecular flexibility index (Phi) is 17.9. The van der Waals surface area contributed by atoms with Gasteiger partial charge in [0.1, 0.15) is 29.9 Å². The van der Waals surface area contributed by atoms with Crippen molar-refractivity contribution in [3.8, 4) is 11.8 Å². The maximum Gasteiger partial charge on any atom is 0.329 e. The van der Waals surface area contributed by atoms with Crippen molar-refractivity contribution in [1.29, 1.82) is 0 Å². The number of unbranched alkanes of at least 4 members (excludes halogenated alkanes) is 3. The molecule has 3 saturated heterocycles. The van der Waals surface area contributed by atoms with Crippen molar-refractivity contribution >= 4 is 71.7 Å². The first-order valence-corrected chi connectivity index (χ1v) is 29.0. The second-order valence-corrected chi connectivity index (χ2v) is 22.6. The highest BCUT2D eigenvalue weighted by molar-refractivity contribution is 7.50. The molecule has 9 N–H and O–H groups in total.